The molecule has 3 aliphatic rings. The molecule has 0 saturated carbocycles. The van der Waals surface area contributed by atoms with Crippen LogP contribution in [0, 0.1) is 0 Å². The minimum absolute atomic E-state index is 0.000509. The van der Waals surface area contributed by atoms with Crippen LogP contribution in [-0.2, 0) is 167 Å². The molecule has 664 valence electrons. The maximum Gasteiger partial charge on any atom is 0.338 e. The summed E-state index contributed by atoms with van der Waals surface area (Å²) in [5.74, 6) is -11.8. The molecule has 15 atom stereocenters. The summed E-state index contributed by atoms with van der Waals surface area (Å²) in [7, 11) is 1.15. The average molecular weight is 1720 g/mol. The fourth-order valence-corrected chi connectivity index (χ4v) is 12.5. The number of carbonyl (C=O) groups is 16. The fourth-order valence-electron chi connectivity index (χ4n) is 12.5. The fraction of sp³-hybridized carbons (Fsp3) is 0.622. The summed E-state index contributed by atoms with van der Waals surface area (Å²) in [6, 6.07) is 2.69. The quantitative estimate of drug-likeness (QED) is 0.0287. The van der Waals surface area contributed by atoms with Crippen LogP contribution < -0.4 is 30.2 Å². The monoisotopic (exact) mass is 1710 g/mol. The van der Waals surface area contributed by atoms with Crippen molar-refractivity contribution in [2.75, 3.05) is 66.4 Å². The number of rotatable bonds is 43. The Balaban J connectivity index is 1.01. The summed E-state index contributed by atoms with van der Waals surface area (Å²) in [6.07, 6.45) is -17.0. The van der Waals surface area contributed by atoms with Crippen molar-refractivity contribution >= 4 is 95.3 Å². The Kier molecular flexibility index (Phi) is 36.9. The molecule has 3 aromatic heterocycles. The van der Waals surface area contributed by atoms with E-state index in [4.69, 9.17) is 90.0 Å². The molecular weight excluding hydrogens is 1620 g/mol. The van der Waals surface area contributed by atoms with E-state index in [1.54, 1.807) is 0 Å². The molecule has 0 spiro atoms. The van der Waals surface area contributed by atoms with Gasteiger partial charge in [-0.1, -0.05) is 15.6 Å². The molecule has 121 heavy (non-hydrogen) atoms. The van der Waals surface area contributed by atoms with Gasteiger partial charge in [0, 0.05) is 141 Å². The normalized spacial score (nSPS) is 22.2. The van der Waals surface area contributed by atoms with Crippen LogP contribution in [0.25, 0.3) is 0 Å². The Morgan fingerprint density at radius 1 is 0.347 bits per heavy atom. The third-order valence-electron chi connectivity index (χ3n) is 17.3. The minimum Gasteiger partial charge on any atom is -0.489 e. The Bertz CT molecular complexity index is 4140. The average Bonchev–Trinajstić information content (AvgIpc) is 1.75. The van der Waals surface area contributed by atoms with Crippen molar-refractivity contribution in [3.05, 3.63) is 53.4 Å². The minimum atomic E-state index is -1.49. The number of carbonyl (C=O) groups excluding carboxylic acids is 16. The highest BCUT2D eigenvalue weighted by Gasteiger charge is 2.56. The predicted molar refractivity (Wildman–Crippen MR) is 394 cm³/mol. The van der Waals surface area contributed by atoms with Crippen molar-refractivity contribution in [3.63, 3.8) is 0 Å². The second kappa shape index (κ2) is 46.7. The van der Waals surface area contributed by atoms with E-state index < -0.39 is 207 Å². The van der Waals surface area contributed by atoms with Gasteiger partial charge < -0.3 is 106 Å². The summed E-state index contributed by atoms with van der Waals surface area (Å²) in [4.78, 5) is 200. The number of methoxy groups -OCH3 is 1. The first-order chi connectivity index (χ1) is 57.5. The Morgan fingerprint density at radius 3 is 0.860 bits per heavy atom. The molecule has 47 heteroatoms. The highest BCUT2D eigenvalue weighted by atomic mass is 16.7. The van der Waals surface area contributed by atoms with Crippen LogP contribution in [0.1, 0.15) is 168 Å². The largest absolute Gasteiger partial charge is 0.489 e. The second-order valence-electron chi connectivity index (χ2n) is 27.3. The van der Waals surface area contributed by atoms with Gasteiger partial charge in [0.25, 0.3) is 0 Å². The molecule has 0 unspecified atom stereocenters. The molecule has 1 aromatic carbocycles. The maximum atomic E-state index is 13.4. The lowest BCUT2D eigenvalue weighted by atomic mass is 9.97. The first kappa shape index (κ1) is 95.6. The molecule has 0 bridgehead atoms. The topological polar surface area (TPSA) is 577 Å². The van der Waals surface area contributed by atoms with Crippen molar-refractivity contribution in [3.8, 4) is 17.2 Å². The molecule has 4 aromatic rings. The van der Waals surface area contributed by atoms with E-state index in [2.05, 4.69) is 46.9 Å². The van der Waals surface area contributed by atoms with E-state index in [-0.39, 0.29) is 137 Å². The molecule has 6 heterocycles. The van der Waals surface area contributed by atoms with Crippen LogP contribution >= 0.6 is 0 Å². The number of aryl methyl sites for hydroxylation is 3. The van der Waals surface area contributed by atoms with Gasteiger partial charge in [-0.3, -0.25) is 71.9 Å². The third kappa shape index (κ3) is 30.3. The molecule has 0 radical (unpaired) electrons. The molecule has 7 rings (SSSR count). The van der Waals surface area contributed by atoms with E-state index in [1.807, 2.05) is 0 Å². The number of esters is 13. The van der Waals surface area contributed by atoms with Crippen LogP contribution in [0.2, 0.25) is 0 Å². The SMILES string of the molecule is COC(=O)c1cc(OCCCNC(=O)CCc2cn([C@@H]3O[C@H](COC(C)=O)[C@H](OC(C)=O)[C@H](OC(C)=O)[C@H]3OC(C)=O)nn2)c(OCCCNC(=O)CCc2cn([C@@H]3O[C@H](COC(C)=O)[C@H](OC(C)=O)[C@H](OC(C)=O)[C@H]3OC(C)=O)nn2)c(OCCCNC(=O)CCc2cn([C@@H]3O[C@H](COC(C)=O)[C@H](OC(C)=O)[C@H](OC(C)=O)[C@H]3OC(C)=O)nn2)c1. The number of hydrogen-bond acceptors (Lipinski definition) is 41. The lowest BCUT2D eigenvalue weighted by molar-refractivity contribution is -0.270. The van der Waals surface area contributed by atoms with Crippen LogP contribution in [0.4, 0.5) is 0 Å². The van der Waals surface area contributed by atoms with E-state index in [1.165, 1.54) is 30.7 Å². The zero-order valence-corrected chi connectivity index (χ0v) is 68.6. The number of amides is 3. The molecule has 3 N–H and O–H groups in total. The van der Waals surface area contributed by atoms with Crippen molar-refractivity contribution in [2.24, 2.45) is 0 Å². The van der Waals surface area contributed by atoms with Gasteiger partial charge in [0.05, 0.1) is 68.2 Å². The predicted octanol–water partition coefficient (Wildman–Crippen LogP) is -0.432. The highest BCUT2D eigenvalue weighted by molar-refractivity contribution is 5.91. The van der Waals surface area contributed by atoms with Gasteiger partial charge in [0.1, 0.15) is 38.1 Å². The Hall–Kier alpha value is -12.6. The first-order valence-corrected chi connectivity index (χ1v) is 38.1. The zero-order chi connectivity index (χ0) is 88.7. The molecule has 3 aliphatic heterocycles. The number of nitrogens with zero attached hydrogens (tertiary/aromatic N) is 9. The molecule has 3 amide bonds. The molecule has 3 saturated heterocycles. The van der Waals surface area contributed by atoms with Gasteiger partial charge in [-0.15, -0.1) is 15.3 Å². The van der Waals surface area contributed by atoms with Gasteiger partial charge >= 0.3 is 77.6 Å². The lowest BCUT2D eigenvalue weighted by Crippen LogP contribution is -2.60. The molecule has 3 fully saturated rings. The van der Waals surface area contributed by atoms with Crippen LogP contribution in [0.5, 0.6) is 17.2 Å². The Morgan fingerprint density at radius 2 is 0.603 bits per heavy atom. The number of hydrogen-bond donors (Lipinski definition) is 3. The number of benzene rings is 1. The van der Waals surface area contributed by atoms with Gasteiger partial charge in [-0.2, -0.15) is 0 Å². The number of aromatic nitrogens is 9. The smallest absolute Gasteiger partial charge is 0.338 e. The van der Waals surface area contributed by atoms with Crippen LogP contribution in [0.3, 0.4) is 0 Å². The van der Waals surface area contributed by atoms with Gasteiger partial charge in [0.15, 0.2) is 85.1 Å². The van der Waals surface area contributed by atoms with E-state index in [9.17, 15) is 76.7 Å². The number of nitrogens with one attached hydrogen (secondary N) is 3. The van der Waals surface area contributed by atoms with Gasteiger partial charge in [0.2, 0.25) is 23.5 Å². The molecular formula is C74H98N12O35. The highest BCUT2D eigenvalue weighted by Crippen LogP contribution is 2.41. The zero-order valence-electron chi connectivity index (χ0n) is 68.6. The third-order valence-corrected chi connectivity index (χ3v) is 17.3. The summed E-state index contributed by atoms with van der Waals surface area (Å²) in [5, 5.41) is 33.2. The number of ether oxygens (including phenoxy) is 19. The first-order valence-electron chi connectivity index (χ1n) is 38.1. The second-order valence-corrected chi connectivity index (χ2v) is 27.3. The molecule has 0 aliphatic carbocycles. The van der Waals surface area contributed by atoms with Crippen LogP contribution in [0.15, 0.2) is 30.7 Å². The van der Waals surface area contributed by atoms with E-state index in [0.29, 0.717) is 0 Å². The molecule has 47 nitrogen and oxygen atoms in total. The Labute approximate surface area is 690 Å². The van der Waals surface area contributed by atoms with E-state index >= 15 is 0 Å². The van der Waals surface area contributed by atoms with Crippen molar-refractivity contribution in [1.82, 2.24) is 60.9 Å². The van der Waals surface area contributed by atoms with Crippen LogP contribution in [-0.4, -0.2) is 280 Å². The summed E-state index contributed by atoms with van der Waals surface area (Å²) in [5.41, 5.74) is 0.715. The van der Waals surface area contributed by atoms with Gasteiger partial charge in [-0.25, -0.2) is 18.8 Å². The van der Waals surface area contributed by atoms with Crippen molar-refractivity contribution in [2.45, 2.75) is 233 Å². The maximum absolute atomic E-state index is 13.4. The summed E-state index contributed by atoms with van der Waals surface area (Å²) >= 11 is 0. The summed E-state index contributed by atoms with van der Waals surface area (Å²) in [6.45, 7) is 11.5. The van der Waals surface area contributed by atoms with Crippen molar-refractivity contribution < 1.29 is 167 Å². The standard InChI is InChI=1S/C74H98N12O35/c1-37(87)107-34-55-62(110-40(4)90)65(113-43(7)93)68(116-46(10)96)71(119-55)84-31-50(78-81-84)17-20-58(99)75-23-14-26-104-53-29-49(74(102)103-13)30-54(105-27-15-24-76-59(100)21-18-51-32-85(82-79-51)72-69(117-47(11)97)66(114-44(8)94)63(111-41(5)91)56(120-72)35-108-38(2)88)61(53)106-28-16-25-77-60(101)22-19-52-33-86(83-80-52)73-70(118-48(12)98)67(115-45(9)95)64(112-42(6)92)57(121-73)36-109-39(3)89/h29-33,55-57,62-73H,14-28,34-36H2,1-13H3,(H,75,99)(H,76,100)(H,77,101)/t55-,56-,57-,62+,63+,64+,65+,66+,67+,68-,69-,70-,71-,72-,73-/m1/s1. The van der Waals surface area contributed by atoms with Gasteiger partial charge in [-0.05, 0) is 31.4 Å². The van der Waals surface area contributed by atoms with E-state index in [0.717, 1.165) is 104 Å². The lowest BCUT2D eigenvalue weighted by Gasteiger charge is -2.44. The summed E-state index contributed by atoms with van der Waals surface area (Å²) < 4.78 is 111. The van der Waals surface area contributed by atoms with Crippen molar-refractivity contribution in [1.29, 1.82) is 0 Å².